The van der Waals surface area contributed by atoms with Crippen LogP contribution in [0.15, 0.2) is 0 Å². The van der Waals surface area contributed by atoms with E-state index in [4.69, 9.17) is 9.76 Å². The lowest BCUT2D eigenvalue weighted by atomic mass is 9.83. The molecular formula is C12H24BO2. The minimum Gasteiger partial charge on any atom is -0.435 e. The molecule has 0 aliphatic heterocycles. The Morgan fingerprint density at radius 3 is 2.67 bits per heavy atom. The molecule has 1 aliphatic rings. The van der Waals surface area contributed by atoms with Crippen LogP contribution in [0.1, 0.15) is 47.0 Å². The first-order chi connectivity index (χ1) is 7.03. The highest BCUT2D eigenvalue weighted by molar-refractivity contribution is 6.31. The molecule has 0 aromatic rings. The molecule has 3 heteroatoms. The van der Waals surface area contributed by atoms with Crippen LogP contribution in [0.5, 0.6) is 0 Å². The zero-order valence-electron chi connectivity index (χ0n) is 10.5. The van der Waals surface area contributed by atoms with Crippen molar-refractivity contribution in [3.05, 3.63) is 0 Å². The molecule has 3 atom stereocenters. The normalized spacial score (nSPS) is 28.9. The Morgan fingerprint density at radius 2 is 2.20 bits per heavy atom. The van der Waals surface area contributed by atoms with Crippen molar-refractivity contribution < 1.29 is 9.76 Å². The van der Waals surface area contributed by atoms with Gasteiger partial charge in [-0.3, -0.25) is 0 Å². The average Bonchev–Trinajstić information content (AvgIpc) is 2.93. The Balaban J connectivity index is 2.24. The highest BCUT2D eigenvalue weighted by Crippen LogP contribution is 2.47. The lowest BCUT2D eigenvalue weighted by molar-refractivity contribution is 0.0395. The molecule has 0 heterocycles. The van der Waals surface area contributed by atoms with Gasteiger partial charge >= 0.3 is 0 Å². The van der Waals surface area contributed by atoms with Crippen molar-refractivity contribution in [2.24, 2.45) is 11.8 Å². The molecule has 0 saturated heterocycles. The first kappa shape index (κ1) is 13.1. The molecule has 3 unspecified atom stereocenters. The monoisotopic (exact) mass is 211 g/mol. The van der Waals surface area contributed by atoms with Gasteiger partial charge in [0.15, 0.2) is 0 Å². The third-order valence-electron chi connectivity index (χ3n) is 3.91. The Labute approximate surface area is 94.7 Å². The predicted octanol–water partition coefficient (Wildman–Crippen LogP) is 2.64. The fourth-order valence-electron chi connectivity index (χ4n) is 1.81. The smallest absolute Gasteiger partial charge is 0.296 e. The van der Waals surface area contributed by atoms with E-state index >= 15 is 0 Å². The van der Waals surface area contributed by atoms with Crippen LogP contribution < -0.4 is 0 Å². The van der Waals surface area contributed by atoms with Crippen molar-refractivity contribution in [3.8, 4) is 0 Å². The standard InChI is InChI=1S/C12H24BO2/c1-5-12(4,9(2)3)15-13-11-8-10(11)6-7-14/h9-11,14H,5-8H2,1-4H3. The highest BCUT2D eigenvalue weighted by atomic mass is 16.5. The van der Waals surface area contributed by atoms with Gasteiger partial charge in [-0.15, -0.1) is 0 Å². The van der Waals surface area contributed by atoms with Crippen molar-refractivity contribution in [1.82, 2.24) is 0 Å². The fourth-order valence-corrected chi connectivity index (χ4v) is 1.81. The molecule has 0 aromatic heterocycles. The molecule has 0 spiro atoms. The molecule has 0 amide bonds. The largest absolute Gasteiger partial charge is 0.435 e. The molecule has 0 aromatic carbocycles. The molecule has 0 bridgehead atoms. The summed E-state index contributed by atoms with van der Waals surface area (Å²) in [6.45, 7) is 9.07. The lowest BCUT2D eigenvalue weighted by Gasteiger charge is -2.33. The lowest BCUT2D eigenvalue weighted by Crippen LogP contribution is -2.35. The highest BCUT2D eigenvalue weighted by Gasteiger charge is 2.40. The van der Waals surface area contributed by atoms with Gasteiger partial charge in [0.05, 0.1) is 0 Å². The van der Waals surface area contributed by atoms with Gasteiger partial charge in [-0.1, -0.05) is 27.2 Å². The Morgan fingerprint density at radius 1 is 1.53 bits per heavy atom. The van der Waals surface area contributed by atoms with Crippen molar-refractivity contribution in [2.45, 2.75) is 58.4 Å². The van der Waals surface area contributed by atoms with Gasteiger partial charge in [-0.2, -0.15) is 0 Å². The zero-order chi connectivity index (χ0) is 11.5. The maximum atomic E-state index is 8.80. The van der Waals surface area contributed by atoms with Gasteiger partial charge in [-0.05, 0) is 37.4 Å². The SMILES string of the molecule is CCC(C)(O[B]C1CC1CCO)C(C)C. The van der Waals surface area contributed by atoms with Gasteiger partial charge < -0.3 is 9.76 Å². The second-order valence-corrected chi connectivity index (χ2v) is 5.25. The predicted molar refractivity (Wildman–Crippen MR) is 63.9 cm³/mol. The van der Waals surface area contributed by atoms with Crippen molar-refractivity contribution >= 4 is 7.48 Å². The number of aliphatic hydroxyl groups is 1. The second kappa shape index (κ2) is 5.35. The van der Waals surface area contributed by atoms with Gasteiger partial charge in [0.1, 0.15) is 0 Å². The summed E-state index contributed by atoms with van der Waals surface area (Å²) in [7, 11) is 2.02. The van der Waals surface area contributed by atoms with Gasteiger partial charge in [0.25, 0.3) is 7.48 Å². The molecule has 1 saturated carbocycles. The van der Waals surface area contributed by atoms with Crippen molar-refractivity contribution in [1.29, 1.82) is 0 Å². The number of aliphatic hydroxyl groups excluding tert-OH is 1. The Kier molecular flexibility index (Phi) is 4.66. The number of hydrogen-bond donors (Lipinski definition) is 1. The van der Waals surface area contributed by atoms with E-state index in [1.165, 1.54) is 6.42 Å². The van der Waals surface area contributed by atoms with Crippen LogP contribution >= 0.6 is 0 Å². The minimum atomic E-state index is -0.0215. The zero-order valence-corrected chi connectivity index (χ0v) is 10.5. The van der Waals surface area contributed by atoms with Crippen LogP contribution in [-0.2, 0) is 4.65 Å². The van der Waals surface area contributed by atoms with E-state index in [0.717, 1.165) is 12.8 Å². The quantitative estimate of drug-likeness (QED) is 0.656. The topological polar surface area (TPSA) is 29.5 Å². The molecule has 1 fully saturated rings. The summed E-state index contributed by atoms with van der Waals surface area (Å²) in [5.74, 6) is 1.79. The van der Waals surface area contributed by atoms with E-state index in [1.807, 2.05) is 7.48 Å². The van der Waals surface area contributed by atoms with E-state index in [-0.39, 0.29) is 5.60 Å². The van der Waals surface area contributed by atoms with Gasteiger partial charge in [-0.25, -0.2) is 0 Å². The molecule has 1 radical (unpaired) electrons. The van der Waals surface area contributed by atoms with E-state index in [1.54, 1.807) is 0 Å². The van der Waals surface area contributed by atoms with Crippen molar-refractivity contribution in [2.75, 3.05) is 6.61 Å². The summed E-state index contributed by atoms with van der Waals surface area (Å²) in [4.78, 5) is 0. The maximum absolute atomic E-state index is 8.80. The first-order valence-electron chi connectivity index (χ1n) is 6.15. The summed E-state index contributed by atoms with van der Waals surface area (Å²) in [5, 5.41) is 8.80. The molecule has 15 heavy (non-hydrogen) atoms. The van der Waals surface area contributed by atoms with E-state index in [0.29, 0.717) is 24.3 Å². The maximum Gasteiger partial charge on any atom is 0.296 e. The molecule has 87 valence electrons. The molecule has 1 N–H and O–H groups in total. The summed E-state index contributed by atoms with van der Waals surface area (Å²) in [5.41, 5.74) is -0.0215. The number of hydrogen-bond acceptors (Lipinski definition) is 2. The molecular weight excluding hydrogens is 187 g/mol. The second-order valence-electron chi connectivity index (χ2n) is 5.25. The Hall–Kier alpha value is -0.0151. The van der Waals surface area contributed by atoms with E-state index in [2.05, 4.69) is 27.7 Å². The first-order valence-corrected chi connectivity index (χ1v) is 6.15. The summed E-state index contributed by atoms with van der Waals surface area (Å²) in [6.07, 6.45) is 3.16. The summed E-state index contributed by atoms with van der Waals surface area (Å²) in [6, 6.07) is 0. The summed E-state index contributed by atoms with van der Waals surface area (Å²) < 4.78 is 5.93. The third kappa shape index (κ3) is 3.49. The van der Waals surface area contributed by atoms with Crippen LogP contribution in [0.2, 0.25) is 5.82 Å². The fraction of sp³-hybridized carbons (Fsp3) is 1.00. The molecule has 2 nitrogen and oxygen atoms in total. The minimum absolute atomic E-state index is 0.0215. The Bertz CT molecular complexity index is 196. The van der Waals surface area contributed by atoms with Crippen LogP contribution in [0, 0.1) is 11.8 Å². The third-order valence-corrected chi connectivity index (χ3v) is 3.91. The van der Waals surface area contributed by atoms with Crippen LogP contribution in [0.4, 0.5) is 0 Å². The van der Waals surface area contributed by atoms with Crippen LogP contribution in [-0.4, -0.2) is 24.8 Å². The molecule has 1 aliphatic carbocycles. The van der Waals surface area contributed by atoms with Crippen LogP contribution in [0.3, 0.4) is 0 Å². The number of rotatable bonds is 7. The van der Waals surface area contributed by atoms with E-state index < -0.39 is 0 Å². The molecule has 1 rings (SSSR count). The van der Waals surface area contributed by atoms with Gasteiger partial charge in [0.2, 0.25) is 0 Å². The van der Waals surface area contributed by atoms with Crippen molar-refractivity contribution in [3.63, 3.8) is 0 Å². The van der Waals surface area contributed by atoms with E-state index in [9.17, 15) is 0 Å². The summed E-state index contributed by atoms with van der Waals surface area (Å²) >= 11 is 0. The average molecular weight is 211 g/mol. The van der Waals surface area contributed by atoms with Gasteiger partial charge in [0, 0.05) is 12.2 Å². The van der Waals surface area contributed by atoms with Crippen LogP contribution in [0.25, 0.3) is 0 Å².